The highest BCUT2D eigenvalue weighted by atomic mass is 16.5. The Morgan fingerprint density at radius 2 is 1.27 bits per heavy atom. The molecule has 37 heavy (non-hydrogen) atoms. The summed E-state index contributed by atoms with van der Waals surface area (Å²) >= 11 is 0. The van der Waals surface area contributed by atoms with Crippen molar-refractivity contribution in [3.05, 3.63) is 95.8 Å². The molecule has 5 rings (SSSR count). The quantitative estimate of drug-likeness (QED) is 0.333. The normalized spacial score (nSPS) is 10.6. The van der Waals surface area contributed by atoms with Crippen LogP contribution < -0.4 is 4.74 Å². The maximum atomic E-state index is 11.8. The van der Waals surface area contributed by atoms with Crippen molar-refractivity contribution < 1.29 is 28.9 Å². The fourth-order valence-corrected chi connectivity index (χ4v) is 4.23. The number of rotatable bonds is 5. The van der Waals surface area contributed by atoms with Gasteiger partial charge in [-0.2, -0.15) is 0 Å². The van der Waals surface area contributed by atoms with Crippen LogP contribution >= 0.6 is 0 Å². The molecule has 0 bridgehead atoms. The molecule has 5 aromatic rings. The number of para-hydroxylation sites is 2. The van der Waals surface area contributed by atoms with Crippen LogP contribution in [-0.4, -0.2) is 40.4 Å². The van der Waals surface area contributed by atoms with Gasteiger partial charge in [-0.15, -0.1) is 0 Å². The molecule has 0 amide bonds. The highest BCUT2D eigenvalue weighted by molar-refractivity contribution is 5.98. The zero-order valence-electron chi connectivity index (χ0n) is 21.1. The van der Waals surface area contributed by atoms with Crippen LogP contribution in [0.1, 0.15) is 26.5 Å². The van der Waals surface area contributed by atoms with Crippen molar-refractivity contribution in [1.82, 2.24) is 9.13 Å². The van der Waals surface area contributed by atoms with E-state index in [0.717, 1.165) is 27.6 Å². The van der Waals surface area contributed by atoms with Gasteiger partial charge in [-0.25, -0.2) is 9.59 Å². The smallest absolute Gasteiger partial charge is 0.354 e. The second-order valence-electron chi connectivity index (χ2n) is 8.34. The molecule has 190 valence electrons. The largest absolute Gasteiger partial charge is 0.506 e. The van der Waals surface area contributed by atoms with Crippen molar-refractivity contribution in [2.75, 3.05) is 14.2 Å². The maximum Gasteiger partial charge on any atom is 0.354 e. The van der Waals surface area contributed by atoms with Crippen LogP contribution in [0.25, 0.3) is 21.8 Å². The van der Waals surface area contributed by atoms with Gasteiger partial charge in [0, 0.05) is 24.9 Å². The molecule has 8 heteroatoms. The van der Waals surface area contributed by atoms with E-state index in [4.69, 9.17) is 9.47 Å². The number of hydrogen-bond acceptors (Lipinski definition) is 6. The third kappa shape index (κ3) is 5.13. The highest BCUT2D eigenvalue weighted by Gasteiger charge is 2.17. The molecule has 0 aliphatic rings. The summed E-state index contributed by atoms with van der Waals surface area (Å²) in [4.78, 5) is 23.2. The number of fused-ring (bicyclic) bond motifs is 2. The molecule has 0 radical (unpaired) electrons. The van der Waals surface area contributed by atoms with Crippen LogP contribution in [0, 0.1) is 0 Å². The molecule has 2 heterocycles. The predicted molar refractivity (Wildman–Crippen MR) is 141 cm³/mol. The van der Waals surface area contributed by atoms with Gasteiger partial charge in [-0.1, -0.05) is 54.6 Å². The van der Waals surface area contributed by atoms with Crippen LogP contribution in [0.15, 0.2) is 78.9 Å². The van der Waals surface area contributed by atoms with Crippen molar-refractivity contribution in [3.63, 3.8) is 0 Å². The molecule has 3 aromatic carbocycles. The number of methoxy groups -OCH3 is 2. The second kappa shape index (κ2) is 10.9. The predicted octanol–water partition coefficient (Wildman–Crippen LogP) is 5.21. The van der Waals surface area contributed by atoms with Gasteiger partial charge in [-0.3, -0.25) is 0 Å². The molecule has 8 nitrogen and oxygen atoms in total. The SMILES string of the molecule is COC(=O)c1cc2cccc(O)c2n1C.COC(=O)c1cc2cccc(OCc3ccccc3)c2n1C. The van der Waals surface area contributed by atoms with Gasteiger partial charge < -0.3 is 28.5 Å². The average molecular weight is 501 g/mol. The summed E-state index contributed by atoms with van der Waals surface area (Å²) in [6, 6.07) is 24.4. The first kappa shape index (κ1) is 25.4. The van der Waals surface area contributed by atoms with Crippen molar-refractivity contribution >= 4 is 33.7 Å². The van der Waals surface area contributed by atoms with E-state index in [-0.39, 0.29) is 11.7 Å². The first-order chi connectivity index (χ1) is 17.8. The number of esters is 2. The first-order valence-electron chi connectivity index (χ1n) is 11.5. The third-order valence-corrected chi connectivity index (χ3v) is 6.08. The van der Waals surface area contributed by atoms with Crippen molar-refractivity contribution in [3.8, 4) is 11.5 Å². The van der Waals surface area contributed by atoms with Gasteiger partial charge in [0.1, 0.15) is 29.5 Å². The molecule has 1 N–H and O–H groups in total. The summed E-state index contributed by atoms with van der Waals surface area (Å²) in [5.41, 5.74) is 3.56. The van der Waals surface area contributed by atoms with E-state index in [1.807, 2.05) is 72.3 Å². The Balaban J connectivity index is 0.000000186. The van der Waals surface area contributed by atoms with Gasteiger partial charge >= 0.3 is 11.9 Å². The standard InChI is InChI=1S/C18H17NO3.C11H11NO3/c1-19-15(18(20)21-2)11-14-9-6-10-16(17(14)19)22-12-13-7-4-3-5-8-13;1-12-8(11(14)15-2)6-7-4-3-5-9(13)10(7)12/h3-11H,12H2,1-2H3;3-6,13H,1-2H3. The summed E-state index contributed by atoms with van der Waals surface area (Å²) in [5, 5.41) is 11.4. The van der Waals surface area contributed by atoms with Gasteiger partial charge in [0.15, 0.2) is 0 Å². The molecule has 2 aromatic heterocycles. The van der Waals surface area contributed by atoms with Crippen molar-refractivity contribution in [2.45, 2.75) is 6.61 Å². The fourth-order valence-electron chi connectivity index (χ4n) is 4.23. The van der Waals surface area contributed by atoms with E-state index >= 15 is 0 Å². The number of carbonyl (C=O) groups excluding carboxylic acids is 2. The average Bonchev–Trinajstić information content (AvgIpc) is 3.45. The maximum absolute atomic E-state index is 11.8. The number of carbonyl (C=O) groups is 2. The van der Waals surface area contributed by atoms with E-state index in [1.165, 1.54) is 14.2 Å². The van der Waals surface area contributed by atoms with E-state index in [0.29, 0.717) is 23.5 Å². The van der Waals surface area contributed by atoms with Crippen LogP contribution in [0.5, 0.6) is 11.5 Å². The number of benzene rings is 3. The van der Waals surface area contributed by atoms with Gasteiger partial charge in [0.05, 0.1) is 25.3 Å². The number of aryl methyl sites for hydroxylation is 2. The molecule has 0 spiro atoms. The summed E-state index contributed by atoms with van der Waals surface area (Å²) < 4.78 is 18.8. The molecule has 0 saturated carbocycles. The molecular weight excluding hydrogens is 472 g/mol. The molecule has 0 atom stereocenters. The van der Waals surface area contributed by atoms with Gasteiger partial charge in [0.25, 0.3) is 0 Å². The minimum atomic E-state index is -0.409. The topological polar surface area (TPSA) is 91.9 Å². The summed E-state index contributed by atoms with van der Waals surface area (Å²) in [7, 11) is 6.27. The Hall–Kier alpha value is -4.72. The number of ether oxygens (including phenoxy) is 3. The number of aromatic nitrogens is 2. The molecule has 0 unspecified atom stereocenters. The number of hydrogen-bond donors (Lipinski definition) is 1. The Morgan fingerprint density at radius 3 is 1.84 bits per heavy atom. The van der Waals surface area contributed by atoms with Crippen molar-refractivity contribution in [2.24, 2.45) is 14.1 Å². The molecule has 0 fully saturated rings. The molecule has 0 saturated heterocycles. The third-order valence-electron chi connectivity index (χ3n) is 6.08. The number of phenols is 1. The second-order valence-corrected chi connectivity index (χ2v) is 8.34. The number of nitrogens with zero attached hydrogens (tertiary/aromatic N) is 2. The Bertz CT molecular complexity index is 1570. The summed E-state index contributed by atoms with van der Waals surface area (Å²) in [6.07, 6.45) is 0. The first-order valence-corrected chi connectivity index (χ1v) is 11.5. The van der Waals surface area contributed by atoms with E-state index in [9.17, 15) is 14.7 Å². The Kier molecular flexibility index (Phi) is 7.48. The lowest BCUT2D eigenvalue weighted by molar-refractivity contribution is 0.0581. The lowest BCUT2D eigenvalue weighted by Gasteiger charge is -2.10. The number of aromatic hydroxyl groups is 1. The zero-order chi connectivity index (χ0) is 26.5. The summed E-state index contributed by atoms with van der Waals surface area (Å²) in [5.74, 6) is 0.143. The Labute approximate surface area is 214 Å². The molecular formula is C29H28N2O6. The van der Waals surface area contributed by atoms with Crippen LogP contribution in [0.3, 0.4) is 0 Å². The van der Waals surface area contributed by atoms with Gasteiger partial charge in [-0.05, 0) is 29.8 Å². The minimum Gasteiger partial charge on any atom is -0.506 e. The monoisotopic (exact) mass is 500 g/mol. The van der Waals surface area contributed by atoms with Crippen LogP contribution in [-0.2, 0) is 30.2 Å². The fraction of sp³-hybridized carbons (Fsp3) is 0.172. The molecule has 0 aliphatic carbocycles. The lowest BCUT2D eigenvalue weighted by atomic mass is 10.2. The summed E-state index contributed by atoms with van der Waals surface area (Å²) in [6.45, 7) is 0.485. The Morgan fingerprint density at radius 1 is 0.730 bits per heavy atom. The van der Waals surface area contributed by atoms with Crippen molar-refractivity contribution in [1.29, 1.82) is 0 Å². The van der Waals surface area contributed by atoms with Gasteiger partial charge in [0.2, 0.25) is 0 Å². The highest BCUT2D eigenvalue weighted by Crippen LogP contribution is 2.29. The lowest BCUT2D eigenvalue weighted by Crippen LogP contribution is -2.07. The van der Waals surface area contributed by atoms with E-state index in [2.05, 4.69) is 4.74 Å². The molecule has 0 aliphatic heterocycles. The van der Waals surface area contributed by atoms with Crippen LogP contribution in [0.2, 0.25) is 0 Å². The van der Waals surface area contributed by atoms with Crippen LogP contribution in [0.4, 0.5) is 0 Å². The van der Waals surface area contributed by atoms with E-state index < -0.39 is 5.97 Å². The van der Waals surface area contributed by atoms with E-state index in [1.54, 1.807) is 29.8 Å². The zero-order valence-corrected chi connectivity index (χ0v) is 21.1. The number of phenolic OH excluding ortho intramolecular Hbond substituents is 1. The minimum absolute atomic E-state index is 0.158.